The number of hydrogen-bond acceptors (Lipinski definition) is 4. The zero-order valence-electron chi connectivity index (χ0n) is 13.1. The summed E-state index contributed by atoms with van der Waals surface area (Å²) in [5.74, 6) is -0.208. The molecule has 0 aliphatic rings. The number of carbonyl (C=O) groups excluding carboxylic acids is 1. The quantitative estimate of drug-likeness (QED) is 0.805. The van der Waals surface area contributed by atoms with Crippen molar-refractivity contribution in [2.24, 2.45) is 0 Å². The highest BCUT2D eigenvalue weighted by atomic mass is 16.5. The van der Waals surface area contributed by atoms with E-state index in [2.05, 4.69) is 41.6 Å². The topological polar surface area (TPSA) is 63.2 Å². The molecule has 0 spiro atoms. The summed E-state index contributed by atoms with van der Waals surface area (Å²) in [6.45, 7) is 5.09. The first-order valence-electron chi connectivity index (χ1n) is 7.17. The molecule has 0 bridgehead atoms. The standard InChI is InChI=1S/C17H21N3O2/c1-12-4-5-14(10-13(12)2)20-15-6-7-18-16(11-15)17(21)19-8-9-22-3/h4-7,10-11H,8-9H2,1-3H3,(H,18,20)(H,19,21). The number of nitrogens with one attached hydrogen (secondary N) is 2. The zero-order chi connectivity index (χ0) is 15.9. The monoisotopic (exact) mass is 299 g/mol. The van der Waals surface area contributed by atoms with Crippen LogP contribution >= 0.6 is 0 Å². The molecule has 22 heavy (non-hydrogen) atoms. The van der Waals surface area contributed by atoms with Crippen LogP contribution in [-0.2, 0) is 4.74 Å². The summed E-state index contributed by atoms with van der Waals surface area (Å²) in [6.07, 6.45) is 1.62. The van der Waals surface area contributed by atoms with Gasteiger partial charge in [-0.25, -0.2) is 0 Å². The number of amides is 1. The Kier molecular flexibility index (Phi) is 5.49. The number of pyridine rings is 1. The Bertz CT molecular complexity index is 656. The predicted molar refractivity (Wildman–Crippen MR) is 87.6 cm³/mol. The molecule has 2 rings (SSSR count). The smallest absolute Gasteiger partial charge is 0.270 e. The highest BCUT2D eigenvalue weighted by molar-refractivity contribution is 5.93. The Labute approximate surface area is 130 Å². The molecule has 1 aromatic heterocycles. The molecule has 0 aliphatic carbocycles. The van der Waals surface area contributed by atoms with E-state index in [0.29, 0.717) is 18.8 Å². The van der Waals surface area contributed by atoms with Crippen LogP contribution in [0.4, 0.5) is 11.4 Å². The van der Waals surface area contributed by atoms with Crippen LogP contribution in [0.15, 0.2) is 36.5 Å². The van der Waals surface area contributed by atoms with Gasteiger partial charge in [-0.05, 0) is 49.2 Å². The van der Waals surface area contributed by atoms with E-state index in [1.165, 1.54) is 11.1 Å². The highest BCUT2D eigenvalue weighted by Gasteiger charge is 2.07. The van der Waals surface area contributed by atoms with Crippen molar-refractivity contribution in [3.63, 3.8) is 0 Å². The van der Waals surface area contributed by atoms with Crippen molar-refractivity contribution in [3.8, 4) is 0 Å². The molecule has 0 fully saturated rings. The summed E-state index contributed by atoms with van der Waals surface area (Å²) in [5.41, 5.74) is 4.66. The van der Waals surface area contributed by atoms with Gasteiger partial charge < -0.3 is 15.4 Å². The highest BCUT2D eigenvalue weighted by Crippen LogP contribution is 2.19. The molecule has 1 heterocycles. The van der Waals surface area contributed by atoms with Crippen molar-refractivity contribution < 1.29 is 9.53 Å². The lowest BCUT2D eigenvalue weighted by molar-refractivity contribution is 0.0932. The van der Waals surface area contributed by atoms with E-state index < -0.39 is 0 Å². The van der Waals surface area contributed by atoms with Crippen LogP contribution in [0.25, 0.3) is 0 Å². The first kappa shape index (κ1) is 16.0. The molecule has 5 nitrogen and oxygen atoms in total. The summed E-state index contributed by atoms with van der Waals surface area (Å²) in [4.78, 5) is 16.1. The average molecular weight is 299 g/mol. The van der Waals surface area contributed by atoms with Gasteiger partial charge in [-0.2, -0.15) is 0 Å². The lowest BCUT2D eigenvalue weighted by Gasteiger charge is -2.10. The van der Waals surface area contributed by atoms with Crippen molar-refractivity contribution in [1.82, 2.24) is 10.3 Å². The third-order valence-corrected chi connectivity index (χ3v) is 3.38. The number of aryl methyl sites for hydroxylation is 2. The third kappa shape index (κ3) is 4.30. The number of nitrogens with zero attached hydrogens (tertiary/aromatic N) is 1. The van der Waals surface area contributed by atoms with Gasteiger partial charge in [-0.1, -0.05) is 6.07 Å². The number of carbonyl (C=O) groups is 1. The maximum absolute atomic E-state index is 12.0. The SMILES string of the molecule is COCCNC(=O)c1cc(Nc2ccc(C)c(C)c2)ccn1. The van der Waals surface area contributed by atoms with Gasteiger partial charge in [0.2, 0.25) is 0 Å². The van der Waals surface area contributed by atoms with Crippen LogP contribution in [-0.4, -0.2) is 31.2 Å². The molecule has 0 atom stereocenters. The van der Waals surface area contributed by atoms with Crippen LogP contribution < -0.4 is 10.6 Å². The fourth-order valence-electron chi connectivity index (χ4n) is 1.98. The largest absolute Gasteiger partial charge is 0.383 e. The van der Waals surface area contributed by atoms with Crippen molar-refractivity contribution in [2.45, 2.75) is 13.8 Å². The molecular weight excluding hydrogens is 278 g/mol. The lowest BCUT2D eigenvalue weighted by atomic mass is 10.1. The average Bonchev–Trinajstić information content (AvgIpc) is 2.51. The number of aromatic nitrogens is 1. The summed E-state index contributed by atoms with van der Waals surface area (Å²) in [5, 5.41) is 6.04. The second kappa shape index (κ2) is 7.56. The molecule has 2 aromatic rings. The minimum atomic E-state index is -0.208. The van der Waals surface area contributed by atoms with Crippen LogP contribution in [0, 0.1) is 13.8 Å². The molecule has 0 saturated heterocycles. The van der Waals surface area contributed by atoms with Crippen LogP contribution in [0.2, 0.25) is 0 Å². The summed E-state index contributed by atoms with van der Waals surface area (Å²) in [6, 6.07) is 9.73. The van der Waals surface area contributed by atoms with Crippen molar-refractivity contribution in [1.29, 1.82) is 0 Å². The van der Waals surface area contributed by atoms with E-state index in [4.69, 9.17) is 4.74 Å². The number of anilines is 2. The van der Waals surface area contributed by atoms with Crippen molar-refractivity contribution in [2.75, 3.05) is 25.6 Å². The fraction of sp³-hybridized carbons (Fsp3) is 0.294. The first-order valence-corrected chi connectivity index (χ1v) is 7.17. The van der Waals surface area contributed by atoms with Gasteiger partial charge in [0.05, 0.1) is 6.61 Å². The Morgan fingerprint density at radius 2 is 1.91 bits per heavy atom. The molecule has 5 heteroatoms. The second-order valence-corrected chi connectivity index (χ2v) is 5.10. The Morgan fingerprint density at radius 3 is 2.64 bits per heavy atom. The summed E-state index contributed by atoms with van der Waals surface area (Å²) < 4.78 is 4.90. The Hall–Kier alpha value is -2.40. The van der Waals surface area contributed by atoms with Crippen LogP contribution in [0.5, 0.6) is 0 Å². The minimum absolute atomic E-state index is 0.208. The summed E-state index contributed by atoms with van der Waals surface area (Å²) >= 11 is 0. The van der Waals surface area contributed by atoms with E-state index in [1.807, 2.05) is 12.1 Å². The second-order valence-electron chi connectivity index (χ2n) is 5.10. The number of benzene rings is 1. The van der Waals surface area contributed by atoms with Gasteiger partial charge in [0.1, 0.15) is 5.69 Å². The van der Waals surface area contributed by atoms with E-state index in [-0.39, 0.29) is 5.91 Å². The van der Waals surface area contributed by atoms with Gasteiger partial charge in [-0.3, -0.25) is 9.78 Å². The van der Waals surface area contributed by atoms with E-state index >= 15 is 0 Å². The van der Waals surface area contributed by atoms with Gasteiger partial charge in [0.15, 0.2) is 0 Å². The van der Waals surface area contributed by atoms with E-state index in [9.17, 15) is 4.79 Å². The lowest BCUT2D eigenvalue weighted by Crippen LogP contribution is -2.27. The normalized spacial score (nSPS) is 10.3. The molecule has 1 amide bonds. The van der Waals surface area contributed by atoms with Gasteiger partial charge in [0, 0.05) is 31.2 Å². The molecule has 0 unspecified atom stereocenters. The summed E-state index contributed by atoms with van der Waals surface area (Å²) in [7, 11) is 1.60. The predicted octanol–water partition coefficient (Wildman–Crippen LogP) is 2.82. The van der Waals surface area contributed by atoms with Crippen LogP contribution in [0.3, 0.4) is 0 Å². The first-order chi connectivity index (χ1) is 10.6. The zero-order valence-corrected chi connectivity index (χ0v) is 13.1. The Morgan fingerprint density at radius 1 is 1.14 bits per heavy atom. The number of rotatable bonds is 6. The number of methoxy groups -OCH3 is 1. The third-order valence-electron chi connectivity index (χ3n) is 3.38. The van der Waals surface area contributed by atoms with Crippen LogP contribution in [0.1, 0.15) is 21.6 Å². The molecule has 1 aromatic carbocycles. The number of hydrogen-bond donors (Lipinski definition) is 2. The maximum Gasteiger partial charge on any atom is 0.270 e. The molecular formula is C17H21N3O2. The molecule has 0 aliphatic heterocycles. The molecule has 2 N–H and O–H groups in total. The molecule has 0 saturated carbocycles. The molecule has 0 radical (unpaired) electrons. The van der Waals surface area contributed by atoms with Gasteiger partial charge in [-0.15, -0.1) is 0 Å². The van der Waals surface area contributed by atoms with E-state index in [0.717, 1.165) is 11.4 Å². The van der Waals surface area contributed by atoms with Gasteiger partial charge in [0.25, 0.3) is 5.91 Å². The number of ether oxygens (including phenoxy) is 1. The van der Waals surface area contributed by atoms with Gasteiger partial charge >= 0.3 is 0 Å². The van der Waals surface area contributed by atoms with E-state index in [1.54, 1.807) is 19.4 Å². The van der Waals surface area contributed by atoms with Crippen molar-refractivity contribution >= 4 is 17.3 Å². The Balaban J connectivity index is 2.07. The minimum Gasteiger partial charge on any atom is -0.383 e. The maximum atomic E-state index is 12.0. The molecule has 116 valence electrons. The van der Waals surface area contributed by atoms with Crippen molar-refractivity contribution in [3.05, 3.63) is 53.3 Å². The fourth-order valence-corrected chi connectivity index (χ4v) is 1.98.